The van der Waals surface area contributed by atoms with Crippen molar-refractivity contribution in [2.24, 2.45) is 0 Å². The van der Waals surface area contributed by atoms with Crippen LogP contribution in [0.1, 0.15) is 12.5 Å². The minimum atomic E-state index is -0.227. The number of halogens is 1. The van der Waals surface area contributed by atoms with Crippen molar-refractivity contribution in [2.75, 3.05) is 13.1 Å². The van der Waals surface area contributed by atoms with E-state index in [1.807, 2.05) is 11.8 Å². The molecule has 0 aromatic heterocycles. The third kappa shape index (κ3) is 2.32. The molecule has 86 valence electrons. The van der Waals surface area contributed by atoms with Gasteiger partial charge in [0, 0.05) is 19.1 Å². The summed E-state index contributed by atoms with van der Waals surface area (Å²) in [7, 11) is 0. The quantitative estimate of drug-likeness (QED) is 0.830. The molecule has 1 heterocycles. The molecule has 1 aliphatic rings. The van der Waals surface area contributed by atoms with Crippen LogP contribution in [-0.4, -0.2) is 30.1 Å². The average molecular weight is 222 g/mol. The monoisotopic (exact) mass is 222 g/mol. The summed E-state index contributed by atoms with van der Waals surface area (Å²) >= 11 is 0. The first-order valence-corrected chi connectivity index (χ1v) is 5.46. The molecule has 0 saturated carbocycles. The van der Waals surface area contributed by atoms with Gasteiger partial charge < -0.3 is 10.2 Å². The molecule has 1 aromatic carbocycles. The molecule has 1 atom stereocenters. The van der Waals surface area contributed by atoms with E-state index >= 15 is 0 Å². The van der Waals surface area contributed by atoms with Gasteiger partial charge in [-0.1, -0.05) is 12.1 Å². The van der Waals surface area contributed by atoms with E-state index in [0.717, 1.165) is 18.5 Å². The van der Waals surface area contributed by atoms with Crippen molar-refractivity contribution in [3.63, 3.8) is 0 Å². The van der Waals surface area contributed by atoms with E-state index in [1.165, 1.54) is 12.1 Å². The second kappa shape index (κ2) is 4.51. The Balaban J connectivity index is 1.98. The summed E-state index contributed by atoms with van der Waals surface area (Å²) in [6, 6.07) is 6.57. The number of benzene rings is 1. The van der Waals surface area contributed by atoms with Crippen molar-refractivity contribution in [2.45, 2.75) is 19.4 Å². The van der Waals surface area contributed by atoms with Crippen LogP contribution in [0.4, 0.5) is 9.18 Å². The van der Waals surface area contributed by atoms with Gasteiger partial charge in [-0.3, -0.25) is 0 Å². The molecule has 2 rings (SSSR count). The number of nitrogens with zero attached hydrogens (tertiary/aromatic N) is 1. The lowest BCUT2D eigenvalue weighted by molar-refractivity contribution is 0.202. The largest absolute Gasteiger partial charge is 0.336 e. The van der Waals surface area contributed by atoms with Gasteiger partial charge in [-0.05, 0) is 31.0 Å². The molecule has 4 heteroatoms. The molecule has 0 aliphatic carbocycles. The van der Waals surface area contributed by atoms with Gasteiger partial charge in [0.25, 0.3) is 0 Å². The van der Waals surface area contributed by atoms with Gasteiger partial charge in [0.15, 0.2) is 0 Å². The highest BCUT2D eigenvalue weighted by Gasteiger charge is 2.24. The first-order valence-electron chi connectivity index (χ1n) is 5.46. The van der Waals surface area contributed by atoms with Crippen molar-refractivity contribution < 1.29 is 9.18 Å². The lowest BCUT2D eigenvalue weighted by Gasteiger charge is -2.22. The number of urea groups is 1. The Morgan fingerprint density at radius 2 is 2.12 bits per heavy atom. The minimum Gasteiger partial charge on any atom is -0.336 e. The highest BCUT2D eigenvalue weighted by Crippen LogP contribution is 2.11. The van der Waals surface area contributed by atoms with E-state index in [4.69, 9.17) is 0 Å². The Labute approximate surface area is 94.3 Å². The van der Waals surface area contributed by atoms with Crippen molar-refractivity contribution >= 4 is 6.03 Å². The Hall–Kier alpha value is -1.58. The molecule has 0 bridgehead atoms. The van der Waals surface area contributed by atoms with E-state index in [-0.39, 0.29) is 17.9 Å². The molecule has 0 radical (unpaired) electrons. The zero-order chi connectivity index (χ0) is 11.5. The molecule has 2 amide bonds. The van der Waals surface area contributed by atoms with Gasteiger partial charge in [0.05, 0.1) is 0 Å². The molecule has 1 fully saturated rings. The molecular weight excluding hydrogens is 207 g/mol. The van der Waals surface area contributed by atoms with Gasteiger partial charge in [0.1, 0.15) is 5.82 Å². The lowest BCUT2D eigenvalue weighted by atomic mass is 10.1. The predicted octanol–water partition coefficient (Wildman–Crippen LogP) is 1.78. The highest BCUT2D eigenvalue weighted by atomic mass is 19.1. The number of amides is 2. The number of carbonyl (C=O) groups is 1. The summed E-state index contributed by atoms with van der Waals surface area (Å²) < 4.78 is 12.7. The molecule has 1 unspecified atom stereocenters. The number of rotatable bonds is 3. The second-order valence-corrected chi connectivity index (χ2v) is 4.10. The van der Waals surface area contributed by atoms with Crippen LogP contribution in [0.15, 0.2) is 24.3 Å². The number of hydrogen-bond donors (Lipinski definition) is 1. The summed E-state index contributed by atoms with van der Waals surface area (Å²) in [5.74, 6) is -0.227. The Morgan fingerprint density at radius 3 is 2.69 bits per heavy atom. The van der Waals surface area contributed by atoms with Crippen molar-refractivity contribution in [1.82, 2.24) is 10.2 Å². The second-order valence-electron chi connectivity index (χ2n) is 4.10. The summed E-state index contributed by atoms with van der Waals surface area (Å²) in [5, 5.41) is 2.77. The SMILES string of the molecule is CC(Cc1ccc(F)cc1)N1CCNC1=O. The Morgan fingerprint density at radius 1 is 1.44 bits per heavy atom. The standard InChI is InChI=1S/C12H15FN2O/c1-9(15-7-6-14-12(15)16)8-10-2-4-11(13)5-3-10/h2-5,9H,6-8H2,1H3,(H,14,16). The minimum absolute atomic E-state index is 0.00499. The molecule has 1 saturated heterocycles. The van der Waals surface area contributed by atoms with Crippen molar-refractivity contribution in [1.29, 1.82) is 0 Å². The number of hydrogen-bond acceptors (Lipinski definition) is 1. The maximum Gasteiger partial charge on any atom is 0.317 e. The lowest BCUT2D eigenvalue weighted by Crippen LogP contribution is -2.37. The number of nitrogens with one attached hydrogen (secondary N) is 1. The highest BCUT2D eigenvalue weighted by molar-refractivity contribution is 5.76. The fourth-order valence-corrected chi connectivity index (χ4v) is 1.98. The fourth-order valence-electron chi connectivity index (χ4n) is 1.98. The van der Waals surface area contributed by atoms with Crippen LogP contribution in [-0.2, 0) is 6.42 Å². The van der Waals surface area contributed by atoms with E-state index in [9.17, 15) is 9.18 Å². The van der Waals surface area contributed by atoms with E-state index < -0.39 is 0 Å². The first-order chi connectivity index (χ1) is 7.66. The maximum atomic E-state index is 12.7. The van der Waals surface area contributed by atoms with Crippen molar-refractivity contribution in [3.8, 4) is 0 Å². The maximum absolute atomic E-state index is 12.7. The Kier molecular flexibility index (Phi) is 3.08. The van der Waals surface area contributed by atoms with Gasteiger partial charge in [0.2, 0.25) is 0 Å². The van der Waals surface area contributed by atoms with E-state index in [1.54, 1.807) is 12.1 Å². The van der Waals surface area contributed by atoms with Gasteiger partial charge in [-0.25, -0.2) is 9.18 Å². The molecule has 1 aliphatic heterocycles. The molecule has 0 spiro atoms. The third-order valence-corrected chi connectivity index (χ3v) is 2.87. The zero-order valence-corrected chi connectivity index (χ0v) is 9.24. The van der Waals surface area contributed by atoms with E-state index in [0.29, 0.717) is 6.54 Å². The van der Waals surface area contributed by atoms with Crippen LogP contribution in [0.5, 0.6) is 0 Å². The summed E-state index contributed by atoms with van der Waals surface area (Å²) in [6.07, 6.45) is 0.758. The third-order valence-electron chi connectivity index (χ3n) is 2.87. The zero-order valence-electron chi connectivity index (χ0n) is 9.24. The number of carbonyl (C=O) groups excluding carboxylic acids is 1. The summed E-state index contributed by atoms with van der Waals surface area (Å²) in [4.78, 5) is 13.2. The van der Waals surface area contributed by atoms with Crippen LogP contribution in [0.25, 0.3) is 0 Å². The van der Waals surface area contributed by atoms with Crippen LogP contribution in [0, 0.1) is 5.82 Å². The van der Waals surface area contributed by atoms with Crippen LogP contribution >= 0.6 is 0 Å². The van der Waals surface area contributed by atoms with Crippen LogP contribution < -0.4 is 5.32 Å². The van der Waals surface area contributed by atoms with Crippen LogP contribution in [0.2, 0.25) is 0 Å². The normalized spacial score (nSPS) is 17.4. The van der Waals surface area contributed by atoms with Crippen LogP contribution in [0.3, 0.4) is 0 Å². The van der Waals surface area contributed by atoms with E-state index in [2.05, 4.69) is 5.32 Å². The first kappa shape index (κ1) is 10.9. The molecule has 1 aromatic rings. The topological polar surface area (TPSA) is 32.3 Å². The molecule has 3 nitrogen and oxygen atoms in total. The Bertz CT molecular complexity index is 377. The summed E-state index contributed by atoms with van der Waals surface area (Å²) in [5.41, 5.74) is 1.05. The van der Waals surface area contributed by atoms with Gasteiger partial charge in [-0.2, -0.15) is 0 Å². The van der Waals surface area contributed by atoms with Crippen molar-refractivity contribution in [3.05, 3.63) is 35.6 Å². The molecular formula is C12H15FN2O. The summed E-state index contributed by atoms with van der Waals surface area (Å²) in [6.45, 7) is 3.47. The smallest absolute Gasteiger partial charge is 0.317 e. The average Bonchev–Trinajstić information content (AvgIpc) is 2.68. The molecule has 16 heavy (non-hydrogen) atoms. The van der Waals surface area contributed by atoms with Gasteiger partial charge >= 0.3 is 6.03 Å². The fraction of sp³-hybridized carbons (Fsp3) is 0.417. The molecule has 1 N–H and O–H groups in total. The van der Waals surface area contributed by atoms with Gasteiger partial charge in [-0.15, -0.1) is 0 Å². The predicted molar refractivity (Wildman–Crippen MR) is 59.7 cm³/mol.